The number of benzene rings is 1. The minimum Gasteiger partial charge on any atom is -0.382 e. The summed E-state index contributed by atoms with van der Waals surface area (Å²) in [5.74, 6) is -0.565. The summed E-state index contributed by atoms with van der Waals surface area (Å²) in [6.45, 7) is 2.15. The second-order valence-corrected chi connectivity index (χ2v) is 12.3. The van der Waals surface area contributed by atoms with Crippen LogP contribution in [0.3, 0.4) is 0 Å². The van der Waals surface area contributed by atoms with Crippen molar-refractivity contribution in [3.05, 3.63) is 34.6 Å². The number of halogens is 1. The van der Waals surface area contributed by atoms with Crippen molar-refractivity contribution in [2.45, 2.75) is 42.5 Å². The first-order chi connectivity index (χ1) is 19.5. The third-order valence-electron chi connectivity index (χ3n) is 7.44. The fraction of sp³-hybridized carbons (Fsp3) is 0.462. The molecule has 1 spiro atoms. The van der Waals surface area contributed by atoms with Gasteiger partial charge in [0.1, 0.15) is 0 Å². The SMILES string of the molecule is CN(C)Sc1ccc2c(c1)CCN2C(=O)CCC(=O)N1CCC2(CC1)CN=C(NC(=O)c1nc(Cl)c(N)nc1N)N2. The number of rotatable bonds is 6. The molecule has 1 saturated heterocycles. The molecule has 3 amide bonds. The van der Waals surface area contributed by atoms with Gasteiger partial charge in [0.15, 0.2) is 28.4 Å². The zero-order valence-corrected chi connectivity index (χ0v) is 24.5. The number of nitrogens with two attached hydrogens (primary N) is 2. The number of nitrogens with zero attached hydrogens (tertiary/aromatic N) is 6. The van der Waals surface area contributed by atoms with E-state index >= 15 is 0 Å². The van der Waals surface area contributed by atoms with Gasteiger partial charge >= 0.3 is 0 Å². The molecule has 0 aliphatic carbocycles. The highest BCUT2D eigenvalue weighted by Crippen LogP contribution is 2.33. The molecule has 0 unspecified atom stereocenters. The summed E-state index contributed by atoms with van der Waals surface area (Å²) < 4.78 is 2.03. The van der Waals surface area contributed by atoms with Crippen LogP contribution in [0.1, 0.15) is 41.7 Å². The van der Waals surface area contributed by atoms with Crippen molar-refractivity contribution in [2.24, 2.45) is 4.99 Å². The molecule has 3 aliphatic rings. The number of hydrogen-bond acceptors (Lipinski definition) is 11. The van der Waals surface area contributed by atoms with Gasteiger partial charge in [0.2, 0.25) is 11.8 Å². The van der Waals surface area contributed by atoms with Crippen molar-refractivity contribution in [3.63, 3.8) is 0 Å². The van der Waals surface area contributed by atoms with Crippen LogP contribution in [0, 0.1) is 0 Å². The molecule has 218 valence electrons. The number of aromatic nitrogens is 2. The smallest absolute Gasteiger partial charge is 0.280 e. The Balaban J connectivity index is 1.08. The van der Waals surface area contributed by atoms with Gasteiger partial charge in [-0.25, -0.2) is 9.97 Å². The van der Waals surface area contributed by atoms with Crippen molar-refractivity contribution >= 4 is 64.6 Å². The lowest BCUT2D eigenvalue weighted by molar-refractivity contribution is -0.134. The maximum atomic E-state index is 13.0. The lowest BCUT2D eigenvalue weighted by Crippen LogP contribution is -2.57. The van der Waals surface area contributed by atoms with Crippen molar-refractivity contribution in [1.82, 2.24) is 29.8 Å². The summed E-state index contributed by atoms with van der Waals surface area (Å²) in [7, 11) is 3.99. The van der Waals surface area contributed by atoms with E-state index in [1.54, 1.807) is 21.7 Å². The van der Waals surface area contributed by atoms with E-state index in [-0.39, 0.29) is 52.7 Å². The zero-order valence-electron chi connectivity index (χ0n) is 22.9. The largest absolute Gasteiger partial charge is 0.382 e. The molecule has 15 heteroatoms. The Labute approximate surface area is 247 Å². The van der Waals surface area contributed by atoms with Crippen LogP contribution in [0.2, 0.25) is 5.15 Å². The summed E-state index contributed by atoms with van der Waals surface area (Å²) in [6.07, 6.45) is 2.46. The van der Waals surface area contributed by atoms with E-state index in [2.05, 4.69) is 31.7 Å². The average molecular weight is 601 g/mol. The van der Waals surface area contributed by atoms with Crippen LogP contribution in [-0.2, 0) is 16.0 Å². The van der Waals surface area contributed by atoms with Crippen molar-refractivity contribution in [1.29, 1.82) is 0 Å². The Morgan fingerprint density at radius 3 is 2.56 bits per heavy atom. The van der Waals surface area contributed by atoms with Gasteiger partial charge in [0.05, 0.1) is 12.1 Å². The molecule has 3 aliphatic heterocycles. The van der Waals surface area contributed by atoms with Crippen LogP contribution in [0.25, 0.3) is 0 Å². The summed E-state index contributed by atoms with van der Waals surface area (Å²) in [5.41, 5.74) is 12.9. The predicted octanol–water partition coefficient (Wildman–Crippen LogP) is 1.28. The Morgan fingerprint density at radius 2 is 1.83 bits per heavy atom. The van der Waals surface area contributed by atoms with Gasteiger partial charge in [-0.05, 0) is 69.1 Å². The lowest BCUT2D eigenvalue weighted by Gasteiger charge is -2.39. The van der Waals surface area contributed by atoms with Crippen LogP contribution in [0.5, 0.6) is 0 Å². The van der Waals surface area contributed by atoms with E-state index in [4.69, 9.17) is 23.1 Å². The average Bonchev–Trinajstić information content (AvgIpc) is 3.53. The monoisotopic (exact) mass is 600 g/mol. The van der Waals surface area contributed by atoms with E-state index in [1.165, 1.54) is 0 Å². The van der Waals surface area contributed by atoms with Gasteiger partial charge < -0.3 is 26.6 Å². The molecule has 4 heterocycles. The molecule has 6 N–H and O–H groups in total. The second-order valence-electron chi connectivity index (χ2n) is 10.5. The zero-order chi connectivity index (χ0) is 29.3. The lowest BCUT2D eigenvalue weighted by atomic mass is 9.88. The Bertz CT molecular complexity index is 1410. The molecule has 1 aromatic heterocycles. The fourth-order valence-electron chi connectivity index (χ4n) is 5.29. The quantitative estimate of drug-likeness (QED) is 0.353. The van der Waals surface area contributed by atoms with E-state index < -0.39 is 5.91 Å². The Kier molecular flexibility index (Phi) is 8.25. The standard InChI is InChI=1S/C26H33ClN10O3S/c1-35(2)41-16-3-4-17-15(13-16)7-10-37(17)19(39)6-5-18(38)36-11-8-26(9-12-36)14-30-25(34-26)33-24(40)20-22(28)32-23(29)21(27)31-20/h3-4,13H,5-12,14H2,1-2H3,(H4,28,29,32)(H2,30,33,34,40). The maximum absolute atomic E-state index is 13.0. The number of likely N-dealkylation sites (tertiary alicyclic amines) is 1. The van der Waals surface area contributed by atoms with Crippen molar-refractivity contribution in [3.8, 4) is 0 Å². The number of nitrogens with one attached hydrogen (secondary N) is 2. The van der Waals surface area contributed by atoms with E-state index in [1.807, 2.05) is 30.5 Å². The predicted molar refractivity (Wildman–Crippen MR) is 159 cm³/mol. The number of aliphatic imine (C=N–C) groups is 1. The molecule has 41 heavy (non-hydrogen) atoms. The number of anilines is 3. The normalized spacial score (nSPS) is 17.4. The van der Waals surface area contributed by atoms with Crippen LogP contribution >= 0.6 is 23.5 Å². The van der Waals surface area contributed by atoms with Gasteiger partial charge in [-0.2, -0.15) is 0 Å². The van der Waals surface area contributed by atoms with E-state index in [0.717, 1.165) is 22.6 Å². The van der Waals surface area contributed by atoms with Gasteiger partial charge in [0.25, 0.3) is 5.91 Å². The first kappa shape index (κ1) is 28.9. The first-order valence-corrected chi connectivity index (χ1v) is 14.5. The number of carbonyl (C=O) groups excluding carboxylic acids is 3. The van der Waals surface area contributed by atoms with E-state index in [0.29, 0.717) is 45.0 Å². The summed E-state index contributed by atoms with van der Waals surface area (Å²) in [6, 6.07) is 6.16. The topological polar surface area (TPSA) is 175 Å². The van der Waals surface area contributed by atoms with Crippen molar-refractivity contribution in [2.75, 3.05) is 56.6 Å². The summed E-state index contributed by atoms with van der Waals surface area (Å²) in [4.78, 5) is 55.5. The summed E-state index contributed by atoms with van der Waals surface area (Å²) in [5, 5.41) is 5.84. The third-order valence-corrected chi connectivity index (χ3v) is 8.54. The fourth-order valence-corrected chi connectivity index (χ4v) is 6.16. The molecule has 0 bridgehead atoms. The molecule has 0 atom stereocenters. The number of hydrogen-bond donors (Lipinski definition) is 4. The molecule has 5 rings (SSSR count). The number of fused-ring (bicyclic) bond motifs is 1. The minimum atomic E-state index is -0.606. The van der Waals surface area contributed by atoms with Crippen LogP contribution < -0.4 is 27.0 Å². The molecule has 1 fully saturated rings. The number of piperidine rings is 1. The number of guanidine groups is 1. The molecule has 13 nitrogen and oxygen atoms in total. The molecule has 0 radical (unpaired) electrons. The number of carbonyl (C=O) groups is 3. The molecular weight excluding hydrogens is 568 g/mol. The molecule has 2 aromatic rings. The highest BCUT2D eigenvalue weighted by molar-refractivity contribution is 7.97. The number of amides is 3. The first-order valence-electron chi connectivity index (χ1n) is 13.3. The van der Waals surface area contributed by atoms with Crippen LogP contribution in [0.15, 0.2) is 28.1 Å². The maximum Gasteiger partial charge on any atom is 0.280 e. The van der Waals surface area contributed by atoms with Gasteiger partial charge in [-0.1, -0.05) is 11.6 Å². The van der Waals surface area contributed by atoms with Gasteiger partial charge in [0, 0.05) is 43.1 Å². The van der Waals surface area contributed by atoms with Crippen LogP contribution in [-0.4, -0.2) is 88.7 Å². The highest BCUT2D eigenvalue weighted by atomic mass is 35.5. The van der Waals surface area contributed by atoms with Gasteiger partial charge in [-0.3, -0.25) is 29.0 Å². The minimum absolute atomic E-state index is 0.0300. The molecular formula is C26H33ClN10O3S. The Hall–Kier alpha value is -3.62. The number of nitrogen functional groups attached to an aromatic ring is 2. The van der Waals surface area contributed by atoms with Gasteiger partial charge in [-0.15, -0.1) is 0 Å². The summed E-state index contributed by atoms with van der Waals surface area (Å²) >= 11 is 7.52. The highest BCUT2D eigenvalue weighted by Gasteiger charge is 2.40. The second kappa shape index (κ2) is 11.7. The molecule has 0 saturated carbocycles. The van der Waals surface area contributed by atoms with Crippen molar-refractivity contribution < 1.29 is 14.4 Å². The molecule has 1 aromatic carbocycles. The van der Waals surface area contributed by atoms with E-state index in [9.17, 15) is 14.4 Å². The van der Waals surface area contributed by atoms with Crippen LogP contribution in [0.4, 0.5) is 17.3 Å². The Morgan fingerprint density at radius 1 is 1.10 bits per heavy atom. The third kappa shape index (κ3) is 6.34.